The molecule has 0 saturated heterocycles. The summed E-state index contributed by atoms with van der Waals surface area (Å²) < 4.78 is 0. The summed E-state index contributed by atoms with van der Waals surface area (Å²) in [6, 6.07) is 0. The van der Waals surface area contributed by atoms with Crippen LogP contribution in [-0.4, -0.2) is 23.5 Å². The molecule has 1 N–H and O–H groups in total. The first-order valence-electron chi connectivity index (χ1n) is 3.25. The van der Waals surface area contributed by atoms with Crippen LogP contribution < -0.4 is 5.32 Å². The van der Waals surface area contributed by atoms with Gasteiger partial charge >= 0.3 is 0 Å². The smallest absolute Gasteiger partial charge is 0.217 e. The van der Waals surface area contributed by atoms with Gasteiger partial charge in [-0.15, -0.1) is 0 Å². The van der Waals surface area contributed by atoms with Crippen molar-refractivity contribution in [3.05, 3.63) is 0 Å². The normalized spacial score (nSPS) is 11.2. The third-order valence-electron chi connectivity index (χ3n) is 1.02. The molecule has 2 nitrogen and oxygen atoms in total. The van der Waals surface area contributed by atoms with Crippen molar-refractivity contribution in [3.63, 3.8) is 0 Å². The summed E-state index contributed by atoms with van der Waals surface area (Å²) in [5.74, 6) is 0.992. The van der Waals surface area contributed by atoms with E-state index >= 15 is 0 Å². The summed E-state index contributed by atoms with van der Waals surface area (Å²) in [5.41, 5.74) is -0.0642. The zero-order chi connectivity index (χ0) is 8.20. The van der Waals surface area contributed by atoms with Gasteiger partial charge in [0.2, 0.25) is 5.91 Å². The van der Waals surface area contributed by atoms with Gasteiger partial charge in [0.1, 0.15) is 0 Å². The average Bonchev–Trinajstić information content (AvgIpc) is 1.59. The first-order chi connectivity index (χ1) is 4.48. The number of carbonyl (C=O) groups is 1. The molecule has 0 saturated carbocycles. The molecule has 0 radical (unpaired) electrons. The summed E-state index contributed by atoms with van der Waals surface area (Å²) in [4.78, 5) is 10.6. The first-order valence-corrected chi connectivity index (χ1v) is 4.65. The van der Waals surface area contributed by atoms with E-state index in [1.807, 2.05) is 20.1 Å². The number of rotatable bonds is 3. The Kier molecular flexibility index (Phi) is 3.79. The highest BCUT2D eigenvalue weighted by molar-refractivity contribution is 7.98. The molecule has 0 heterocycles. The fraction of sp³-hybridized carbons (Fsp3) is 0.857. The second kappa shape index (κ2) is 3.86. The third-order valence-corrected chi connectivity index (χ3v) is 2.03. The van der Waals surface area contributed by atoms with E-state index in [2.05, 4.69) is 5.32 Å². The van der Waals surface area contributed by atoms with Gasteiger partial charge in [-0.1, -0.05) is 0 Å². The molecule has 0 aliphatic rings. The zero-order valence-electron chi connectivity index (χ0n) is 7.02. The Labute approximate surface area is 66.8 Å². The van der Waals surface area contributed by atoms with E-state index in [0.717, 1.165) is 5.75 Å². The Bertz CT molecular complexity index is 123. The van der Waals surface area contributed by atoms with Crippen LogP contribution in [0.2, 0.25) is 0 Å². The Morgan fingerprint density at radius 1 is 1.60 bits per heavy atom. The molecule has 0 aromatic rings. The minimum absolute atomic E-state index is 0.0408. The molecule has 60 valence electrons. The SMILES string of the molecule is CSCC(C)(C)NC(C)=O. The third kappa shape index (κ3) is 4.68. The Morgan fingerprint density at radius 2 is 2.10 bits per heavy atom. The molecular weight excluding hydrogens is 146 g/mol. The van der Waals surface area contributed by atoms with E-state index in [9.17, 15) is 4.79 Å². The van der Waals surface area contributed by atoms with Crippen molar-refractivity contribution in [3.8, 4) is 0 Å². The zero-order valence-corrected chi connectivity index (χ0v) is 7.84. The van der Waals surface area contributed by atoms with Gasteiger partial charge in [0.15, 0.2) is 0 Å². The maximum atomic E-state index is 10.6. The van der Waals surface area contributed by atoms with Crippen molar-refractivity contribution >= 4 is 17.7 Å². The molecule has 0 unspecified atom stereocenters. The van der Waals surface area contributed by atoms with Crippen molar-refractivity contribution in [2.75, 3.05) is 12.0 Å². The highest BCUT2D eigenvalue weighted by Gasteiger charge is 2.16. The lowest BCUT2D eigenvalue weighted by atomic mass is 10.1. The van der Waals surface area contributed by atoms with Gasteiger partial charge in [-0.2, -0.15) is 11.8 Å². The van der Waals surface area contributed by atoms with E-state index < -0.39 is 0 Å². The van der Waals surface area contributed by atoms with Gasteiger partial charge in [0.25, 0.3) is 0 Å². The molecule has 0 aliphatic carbocycles. The van der Waals surface area contributed by atoms with Crippen LogP contribution >= 0.6 is 11.8 Å². The molecular formula is C7H15NOS. The predicted molar refractivity (Wildman–Crippen MR) is 46.3 cm³/mol. The molecule has 0 aromatic heterocycles. The van der Waals surface area contributed by atoms with Crippen molar-refractivity contribution in [2.45, 2.75) is 26.3 Å². The van der Waals surface area contributed by atoms with Gasteiger partial charge in [-0.3, -0.25) is 4.79 Å². The van der Waals surface area contributed by atoms with E-state index in [1.54, 1.807) is 18.7 Å². The van der Waals surface area contributed by atoms with Crippen LogP contribution in [0.1, 0.15) is 20.8 Å². The summed E-state index contributed by atoms with van der Waals surface area (Å²) in [5, 5.41) is 2.86. The second-order valence-electron chi connectivity index (χ2n) is 3.00. The highest BCUT2D eigenvalue weighted by Crippen LogP contribution is 2.08. The minimum atomic E-state index is -0.0642. The lowest BCUT2D eigenvalue weighted by molar-refractivity contribution is -0.120. The second-order valence-corrected chi connectivity index (χ2v) is 3.86. The predicted octanol–water partition coefficient (Wildman–Crippen LogP) is 1.26. The molecule has 10 heavy (non-hydrogen) atoms. The standard InChI is InChI=1S/C7H15NOS/c1-6(9)8-7(2,3)5-10-4/h5H2,1-4H3,(H,8,9). The van der Waals surface area contributed by atoms with Gasteiger partial charge in [-0.25, -0.2) is 0 Å². The largest absolute Gasteiger partial charge is 0.351 e. The van der Waals surface area contributed by atoms with E-state index in [1.165, 1.54) is 0 Å². The number of amides is 1. The van der Waals surface area contributed by atoms with Crippen LogP contribution in [0.5, 0.6) is 0 Å². The monoisotopic (exact) mass is 161 g/mol. The lowest BCUT2D eigenvalue weighted by Gasteiger charge is -2.24. The van der Waals surface area contributed by atoms with Crippen molar-refractivity contribution in [1.82, 2.24) is 5.32 Å². The fourth-order valence-electron chi connectivity index (χ4n) is 0.873. The van der Waals surface area contributed by atoms with Gasteiger partial charge < -0.3 is 5.32 Å². The maximum absolute atomic E-state index is 10.6. The Hall–Kier alpha value is -0.180. The molecule has 3 heteroatoms. The highest BCUT2D eigenvalue weighted by atomic mass is 32.2. The molecule has 0 rings (SSSR count). The Balaban J connectivity index is 3.74. The number of nitrogens with one attached hydrogen (secondary N) is 1. The quantitative estimate of drug-likeness (QED) is 0.675. The van der Waals surface area contributed by atoms with Crippen molar-refractivity contribution in [1.29, 1.82) is 0 Å². The van der Waals surface area contributed by atoms with E-state index in [-0.39, 0.29) is 11.4 Å². The molecule has 0 spiro atoms. The van der Waals surface area contributed by atoms with Crippen LogP contribution in [0.3, 0.4) is 0 Å². The van der Waals surface area contributed by atoms with Crippen LogP contribution in [0.4, 0.5) is 0 Å². The molecule has 0 aliphatic heterocycles. The number of thioether (sulfide) groups is 1. The Morgan fingerprint density at radius 3 is 2.40 bits per heavy atom. The number of hydrogen-bond donors (Lipinski definition) is 1. The molecule has 0 fully saturated rings. The molecule has 1 amide bonds. The molecule has 0 bridgehead atoms. The van der Waals surface area contributed by atoms with Crippen LogP contribution in [0.25, 0.3) is 0 Å². The topological polar surface area (TPSA) is 29.1 Å². The summed E-state index contributed by atoms with van der Waals surface area (Å²) in [6.45, 7) is 5.58. The molecule has 0 atom stereocenters. The van der Waals surface area contributed by atoms with Crippen LogP contribution in [0, 0.1) is 0 Å². The molecule has 0 aromatic carbocycles. The van der Waals surface area contributed by atoms with E-state index in [4.69, 9.17) is 0 Å². The summed E-state index contributed by atoms with van der Waals surface area (Å²) >= 11 is 1.74. The average molecular weight is 161 g/mol. The lowest BCUT2D eigenvalue weighted by Crippen LogP contribution is -2.44. The van der Waals surface area contributed by atoms with Crippen molar-refractivity contribution in [2.24, 2.45) is 0 Å². The maximum Gasteiger partial charge on any atom is 0.217 e. The number of carbonyl (C=O) groups excluding carboxylic acids is 1. The summed E-state index contributed by atoms with van der Waals surface area (Å²) in [7, 11) is 0. The van der Waals surface area contributed by atoms with Gasteiger partial charge in [0, 0.05) is 18.2 Å². The van der Waals surface area contributed by atoms with Crippen molar-refractivity contribution < 1.29 is 4.79 Å². The van der Waals surface area contributed by atoms with E-state index in [0.29, 0.717) is 0 Å². The minimum Gasteiger partial charge on any atom is -0.351 e. The van der Waals surface area contributed by atoms with Gasteiger partial charge in [-0.05, 0) is 20.1 Å². The fourth-order valence-corrected chi connectivity index (χ4v) is 1.67. The van der Waals surface area contributed by atoms with Gasteiger partial charge in [0.05, 0.1) is 0 Å². The number of hydrogen-bond acceptors (Lipinski definition) is 2. The summed E-state index contributed by atoms with van der Waals surface area (Å²) in [6.07, 6.45) is 2.03. The van der Waals surface area contributed by atoms with Crippen LogP contribution in [0.15, 0.2) is 0 Å². The van der Waals surface area contributed by atoms with Crippen LogP contribution in [-0.2, 0) is 4.79 Å². The first kappa shape index (κ1) is 9.82.